The van der Waals surface area contributed by atoms with Crippen molar-refractivity contribution >= 4 is 18.5 Å². The lowest BCUT2D eigenvalue weighted by Gasteiger charge is -2.27. The van der Waals surface area contributed by atoms with Gasteiger partial charge in [0.15, 0.2) is 0 Å². The van der Waals surface area contributed by atoms with Crippen molar-refractivity contribution in [1.29, 1.82) is 0 Å². The van der Waals surface area contributed by atoms with Crippen molar-refractivity contribution < 1.29 is 9.53 Å². The summed E-state index contributed by atoms with van der Waals surface area (Å²) in [5.41, 5.74) is 2.84. The van der Waals surface area contributed by atoms with Crippen LogP contribution >= 0.6 is 12.6 Å². The average Bonchev–Trinajstić information content (AvgIpc) is 2.50. The molecule has 1 aliphatic rings. The highest BCUT2D eigenvalue weighted by atomic mass is 32.1. The van der Waals surface area contributed by atoms with Gasteiger partial charge in [0, 0.05) is 24.8 Å². The summed E-state index contributed by atoms with van der Waals surface area (Å²) < 4.78 is 5.16. The van der Waals surface area contributed by atoms with Gasteiger partial charge in [-0.3, -0.25) is 10.2 Å². The molecule has 1 unspecified atom stereocenters. The number of rotatable bonds is 3. The van der Waals surface area contributed by atoms with Crippen LogP contribution in [0.15, 0.2) is 36.4 Å². The number of carbonyl (C=O) groups is 1. The lowest BCUT2D eigenvalue weighted by atomic mass is 10.2. The molecule has 1 amide bonds. The molecule has 106 valence electrons. The second-order valence-electron chi connectivity index (χ2n) is 4.31. The maximum Gasteiger partial charge on any atom is 0.237 e. The van der Waals surface area contributed by atoms with Crippen LogP contribution in [-0.2, 0) is 9.53 Å². The van der Waals surface area contributed by atoms with Crippen LogP contribution in [0, 0.1) is 5.92 Å². The predicted molar refractivity (Wildman–Crippen MR) is 80.0 cm³/mol. The molecule has 0 saturated carbocycles. The Morgan fingerprint density at radius 2 is 1.68 bits per heavy atom. The van der Waals surface area contributed by atoms with Gasteiger partial charge in [0.25, 0.3) is 0 Å². The van der Waals surface area contributed by atoms with E-state index in [4.69, 9.17) is 4.74 Å². The number of hydrazine groups is 1. The Kier molecular flexibility index (Phi) is 8.29. The van der Waals surface area contributed by atoms with Crippen LogP contribution in [0.3, 0.4) is 0 Å². The van der Waals surface area contributed by atoms with Crippen LogP contribution in [0.4, 0.5) is 0 Å². The Bertz CT molecular complexity index is 316. The topological polar surface area (TPSA) is 41.6 Å². The quantitative estimate of drug-likeness (QED) is 0.828. The summed E-state index contributed by atoms with van der Waals surface area (Å²) in [6.45, 7) is 4.78. The van der Waals surface area contributed by atoms with Crippen molar-refractivity contribution in [2.45, 2.75) is 6.92 Å². The third-order valence-electron chi connectivity index (χ3n) is 2.67. The van der Waals surface area contributed by atoms with Crippen LogP contribution in [0.2, 0.25) is 0 Å². The summed E-state index contributed by atoms with van der Waals surface area (Å²) in [5.74, 6) is 0.582. The van der Waals surface area contributed by atoms with E-state index in [0.29, 0.717) is 19.0 Å². The van der Waals surface area contributed by atoms with Gasteiger partial charge in [-0.25, -0.2) is 5.01 Å². The van der Waals surface area contributed by atoms with Crippen LogP contribution < -0.4 is 5.43 Å². The molecular formula is C14H22N2O2S. The normalized spacial score (nSPS) is 16.9. The summed E-state index contributed by atoms with van der Waals surface area (Å²) in [5, 5.41) is 1.89. The number of nitrogens with one attached hydrogen (secondary N) is 1. The molecule has 1 fully saturated rings. The monoisotopic (exact) mass is 282 g/mol. The van der Waals surface area contributed by atoms with Gasteiger partial charge in [0.1, 0.15) is 0 Å². The number of thiol groups is 1. The molecule has 0 bridgehead atoms. The minimum absolute atomic E-state index is 0.0359. The van der Waals surface area contributed by atoms with Gasteiger partial charge in [-0.05, 0) is 0 Å². The summed E-state index contributed by atoms with van der Waals surface area (Å²) in [6.07, 6.45) is 0. The smallest absolute Gasteiger partial charge is 0.237 e. The molecule has 1 saturated heterocycles. The third kappa shape index (κ3) is 7.20. The molecule has 0 aliphatic carbocycles. The lowest BCUT2D eigenvalue weighted by molar-refractivity contribution is -0.130. The number of carbonyl (C=O) groups excluding carboxylic acids is 1. The molecule has 1 heterocycles. The number of benzene rings is 1. The Morgan fingerprint density at radius 1 is 1.21 bits per heavy atom. The van der Waals surface area contributed by atoms with E-state index in [2.05, 4.69) is 18.1 Å². The second kappa shape index (κ2) is 9.83. The number of hydrogen-bond donors (Lipinski definition) is 2. The van der Waals surface area contributed by atoms with E-state index in [0.717, 1.165) is 13.1 Å². The van der Waals surface area contributed by atoms with E-state index in [1.54, 1.807) is 0 Å². The second-order valence-corrected chi connectivity index (χ2v) is 4.68. The molecule has 1 N–H and O–H groups in total. The first-order valence-electron chi connectivity index (χ1n) is 6.48. The minimum Gasteiger partial charge on any atom is -0.379 e. The van der Waals surface area contributed by atoms with Gasteiger partial charge in [-0.1, -0.05) is 43.3 Å². The van der Waals surface area contributed by atoms with Gasteiger partial charge >= 0.3 is 0 Å². The summed E-state index contributed by atoms with van der Waals surface area (Å²) in [4.78, 5) is 11.4. The van der Waals surface area contributed by atoms with Crippen molar-refractivity contribution in [3.63, 3.8) is 0 Å². The van der Waals surface area contributed by atoms with Gasteiger partial charge in [0.05, 0.1) is 13.2 Å². The summed E-state index contributed by atoms with van der Waals surface area (Å²) in [7, 11) is 0. The first kappa shape index (κ1) is 16.0. The Hall–Kier alpha value is -1.04. The average molecular weight is 282 g/mol. The number of nitrogens with zero attached hydrogens (tertiary/aromatic N) is 1. The van der Waals surface area contributed by atoms with Crippen molar-refractivity contribution in [2.75, 3.05) is 32.1 Å². The van der Waals surface area contributed by atoms with Crippen LogP contribution in [-0.4, -0.2) is 43.0 Å². The van der Waals surface area contributed by atoms with Gasteiger partial charge in [-0.2, -0.15) is 12.6 Å². The van der Waals surface area contributed by atoms with Crippen molar-refractivity contribution in [3.05, 3.63) is 36.4 Å². The first-order valence-corrected chi connectivity index (χ1v) is 7.11. The fourth-order valence-corrected chi connectivity index (χ4v) is 1.57. The zero-order valence-electron chi connectivity index (χ0n) is 11.3. The Labute approximate surface area is 120 Å². The predicted octanol–water partition coefficient (Wildman–Crippen LogP) is 1.60. The molecule has 19 heavy (non-hydrogen) atoms. The van der Waals surface area contributed by atoms with E-state index in [9.17, 15) is 4.79 Å². The summed E-state index contributed by atoms with van der Waals surface area (Å²) in [6, 6.07) is 12.0. The third-order valence-corrected chi connectivity index (χ3v) is 3.22. The highest BCUT2D eigenvalue weighted by Crippen LogP contribution is 1.99. The fourth-order valence-electron chi connectivity index (χ4n) is 1.41. The molecule has 5 heteroatoms. The SMILES string of the molecule is CC(CS)C(=O)NN1CCOCC1.c1ccccc1. The van der Waals surface area contributed by atoms with E-state index in [-0.39, 0.29) is 11.8 Å². The highest BCUT2D eigenvalue weighted by Gasteiger charge is 2.16. The van der Waals surface area contributed by atoms with Crippen molar-refractivity contribution in [1.82, 2.24) is 10.4 Å². The molecule has 1 aromatic carbocycles. The molecule has 0 radical (unpaired) electrons. The molecule has 0 spiro atoms. The van der Waals surface area contributed by atoms with Gasteiger partial charge in [-0.15, -0.1) is 0 Å². The van der Waals surface area contributed by atoms with Crippen LogP contribution in [0.5, 0.6) is 0 Å². The van der Waals surface area contributed by atoms with Crippen molar-refractivity contribution in [2.24, 2.45) is 5.92 Å². The molecule has 1 aromatic rings. The molecule has 4 nitrogen and oxygen atoms in total. The fraction of sp³-hybridized carbons (Fsp3) is 0.500. The number of ether oxygens (including phenoxy) is 1. The largest absolute Gasteiger partial charge is 0.379 e. The molecular weight excluding hydrogens is 260 g/mol. The Morgan fingerprint density at radius 3 is 2.11 bits per heavy atom. The van der Waals surface area contributed by atoms with Gasteiger partial charge < -0.3 is 4.74 Å². The van der Waals surface area contributed by atoms with E-state index in [1.807, 2.05) is 48.3 Å². The lowest BCUT2D eigenvalue weighted by Crippen LogP contribution is -2.50. The molecule has 0 aromatic heterocycles. The van der Waals surface area contributed by atoms with Crippen LogP contribution in [0.25, 0.3) is 0 Å². The van der Waals surface area contributed by atoms with E-state index < -0.39 is 0 Å². The maximum atomic E-state index is 11.4. The number of hydrogen-bond acceptors (Lipinski definition) is 4. The number of morpholine rings is 1. The van der Waals surface area contributed by atoms with Gasteiger partial charge in [0.2, 0.25) is 5.91 Å². The Balaban J connectivity index is 0.000000250. The minimum atomic E-state index is -0.0359. The van der Waals surface area contributed by atoms with E-state index >= 15 is 0 Å². The number of amides is 1. The molecule has 2 rings (SSSR count). The van der Waals surface area contributed by atoms with E-state index in [1.165, 1.54) is 0 Å². The standard InChI is InChI=1S/C8H16N2O2S.C6H6/c1-7(6-13)8(11)9-10-2-4-12-5-3-10;1-2-4-6-5-3-1/h7,13H,2-6H2,1H3,(H,9,11);1-6H. The maximum absolute atomic E-state index is 11.4. The van der Waals surface area contributed by atoms with Crippen LogP contribution in [0.1, 0.15) is 6.92 Å². The zero-order valence-corrected chi connectivity index (χ0v) is 12.2. The highest BCUT2D eigenvalue weighted by molar-refractivity contribution is 7.80. The zero-order chi connectivity index (χ0) is 13.9. The molecule has 1 atom stereocenters. The molecule has 1 aliphatic heterocycles. The summed E-state index contributed by atoms with van der Waals surface area (Å²) >= 11 is 4.07. The van der Waals surface area contributed by atoms with Crippen molar-refractivity contribution in [3.8, 4) is 0 Å². The first-order chi connectivity index (χ1) is 9.24.